The van der Waals surface area contributed by atoms with Crippen LogP contribution in [0.2, 0.25) is 0 Å². The zero-order chi connectivity index (χ0) is 10.5. The van der Waals surface area contributed by atoms with Gasteiger partial charge in [-0.15, -0.1) is 0 Å². The monoisotopic (exact) mass is 208 g/mol. The van der Waals surface area contributed by atoms with Crippen LogP contribution in [0.1, 0.15) is 6.92 Å². The molecule has 0 spiro atoms. The fraction of sp³-hybridized carbons (Fsp3) is 1.00. The van der Waals surface area contributed by atoms with Crippen molar-refractivity contribution in [3.63, 3.8) is 0 Å². The highest BCUT2D eigenvalue weighted by molar-refractivity contribution is 7.90. The molecule has 0 aliphatic carbocycles. The van der Waals surface area contributed by atoms with Gasteiger partial charge in [0.15, 0.2) is 0 Å². The van der Waals surface area contributed by atoms with Crippen LogP contribution in [0.25, 0.3) is 0 Å². The van der Waals surface area contributed by atoms with Gasteiger partial charge < -0.3 is 10.6 Å². The van der Waals surface area contributed by atoms with Gasteiger partial charge in [0, 0.05) is 19.3 Å². The minimum atomic E-state index is -2.83. The van der Waals surface area contributed by atoms with Crippen LogP contribution < -0.4 is 5.73 Å². The van der Waals surface area contributed by atoms with E-state index in [-0.39, 0.29) is 5.75 Å². The maximum absolute atomic E-state index is 10.8. The Balaban J connectivity index is 3.69. The fourth-order valence-electron chi connectivity index (χ4n) is 1.02. The SMILES string of the molecule is CC(CN)CN(C)CCS(C)(=O)=O. The summed E-state index contributed by atoms with van der Waals surface area (Å²) in [5, 5.41) is 0. The molecule has 0 rings (SSSR count). The van der Waals surface area contributed by atoms with E-state index in [0.717, 1.165) is 6.54 Å². The van der Waals surface area contributed by atoms with Gasteiger partial charge in [0.05, 0.1) is 5.75 Å². The van der Waals surface area contributed by atoms with Crippen LogP contribution in [-0.2, 0) is 9.84 Å². The maximum atomic E-state index is 10.8. The predicted octanol–water partition coefficient (Wildman–Crippen LogP) is -0.442. The van der Waals surface area contributed by atoms with Crippen LogP contribution >= 0.6 is 0 Å². The highest BCUT2D eigenvalue weighted by Gasteiger charge is 2.07. The molecule has 0 radical (unpaired) electrons. The average Bonchev–Trinajstić information content (AvgIpc) is 1.99. The number of rotatable bonds is 6. The van der Waals surface area contributed by atoms with E-state index >= 15 is 0 Å². The van der Waals surface area contributed by atoms with E-state index in [1.165, 1.54) is 6.26 Å². The first kappa shape index (κ1) is 12.9. The first-order valence-corrected chi connectivity index (χ1v) is 6.47. The fourth-order valence-corrected chi connectivity index (χ4v) is 1.66. The molecule has 0 aliphatic rings. The van der Waals surface area contributed by atoms with Crippen molar-refractivity contribution in [2.75, 3.05) is 38.7 Å². The van der Waals surface area contributed by atoms with Crippen LogP contribution in [0.4, 0.5) is 0 Å². The number of hydrogen-bond acceptors (Lipinski definition) is 4. The van der Waals surface area contributed by atoms with Gasteiger partial charge in [0.2, 0.25) is 0 Å². The summed E-state index contributed by atoms with van der Waals surface area (Å²) >= 11 is 0. The van der Waals surface area contributed by atoms with Gasteiger partial charge in [-0.1, -0.05) is 6.92 Å². The third-order valence-electron chi connectivity index (χ3n) is 1.87. The summed E-state index contributed by atoms with van der Waals surface area (Å²) in [6, 6.07) is 0. The summed E-state index contributed by atoms with van der Waals surface area (Å²) in [7, 11) is -0.921. The second kappa shape index (κ2) is 5.57. The summed E-state index contributed by atoms with van der Waals surface area (Å²) in [5.41, 5.74) is 5.46. The molecule has 0 saturated carbocycles. The lowest BCUT2D eigenvalue weighted by atomic mass is 10.2. The van der Waals surface area contributed by atoms with Crippen LogP contribution in [0.5, 0.6) is 0 Å². The summed E-state index contributed by atoms with van der Waals surface area (Å²) in [6.45, 7) is 4.13. The normalized spacial score (nSPS) is 14.8. The molecular formula is C8H20N2O2S. The molecule has 0 amide bonds. The average molecular weight is 208 g/mol. The van der Waals surface area contributed by atoms with E-state index in [0.29, 0.717) is 19.0 Å². The molecule has 4 nitrogen and oxygen atoms in total. The summed E-state index contributed by atoms with van der Waals surface area (Å²) in [5.74, 6) is 0.644. The van der Waals surface area contributed by atoms with Crippen LogP contribution in [0.15, 0.2) is 0 Å². The third-order valence-corrected chi connectivity index (χ3v) is 2.79. The largest absolute Gasteiger partial charge is 0.330 e. The smallest absolute Gasteiger partial charge is 0.148 e. The first-order valence-electron chi connectivity index (χ1n) is 4.41. The Kier molecular flexibility index (Phi) is 5.51. The van der Waals surface area contributed by atoms with Gasteiger partial charge in [0.25, 0.3) is 0 Å². The molecule has 0 aromatic rings. The molecule has 1 unspecified atom stereocenters. The van der Waals surface area contributed by atoms with Gasteiger partial charge in [-0.25, -0.2) is 8.42 Å². The number of nitrogens with zero attached hydrogens (tertiary/aromatic N) is 1. The summed E-state index contributed by atoms with van der Waals surface area (Å²) in [6.07, 6.45) is 1.26. The Morgan fingerprint density at radius 2 is 2.00 bits per heavy atom. The highest BCUT2D eigenvalue weighted by atomic mass is 32.2. The minimum Gasteiger partial charge on any atom is -0.330 e. The van der Waals surface area contributed by atoms with Crippen molar-refractivity contribution in [2.24, 2.45) is 11.7 Å². The van der Waals surface area contributed by atoms with Gasteiger partial charge in [-0.05, 0) is 19.5 Å². The summed E-state index contributed by atoms with van der Waals surface area (Å²) < 4.78 is 21.7. The van der Waals surface area contributed by atoms with Gasteiger partial charge in [-0.2, -0.15) is 0 Å². The van der Waals surface area contributed by atoms with E-state index in [9.17, 15) is 8.42 Å². The van der Waals surface area contributed by atoms with E-state index in [1.807, 2.05) is 11.9 Å². The molecule has 0 aliphatic heterocycles. The number of hydrogen-bond donors (Lipinski definition) is 1. The molecule has 0 aromatic heterocycles. The minimum absolute atomic E-state index is 0.223. The first-order chi connectivity index (χ1) is 5.85. The number of nitrogens with two attached hydrogens (primary N) is 1. The molecule has 1 atom stereocenters. The Labute approximate surface area is 81.0 Å². The maximum Gasteiger partial charge on any atom is 0.148 e. The van der Waals surface area contributed by atoms with Crippen molar-refractivity contribution in [3.8, 4) is 0 Å². The molecule has 5 heteroatoms. The quantitative estimate of drug-likeness (QED) is 0.642. The van der Waals surface area contributed by atoms with Crippen molar-refractivity contribution in [1.29, 1.82) is 0 Å². The van der Waals surface area contributed by atoms with Crippen molar-refractivity contribution in [3.05, 3.63) is 0 Å². The van der Waals surface area contributed by atoms with Crippen LogP contribution in [-0.4, -0.2) is 52.0 Å². The molecule has 0 bridgehead atoms. The van der Waals surface area contributed by atoms with Crippen LogP contribution in [0, 0.1) is 5.92 Å². The van der Waals surface area contributed by atoms with Gasteiger partial charge in [0.1, 0.15) is 9.84 Å². The van der Waals surface area contributed by atoms with Crippen LogP contribution in [0.3, 0.4) is 0 Å². The van der Waals surface area contributed by atoms with Crippen molar-refractivity contribution in [1.82, 2.24) is 4.90 Å². The molecular weight excluding hydrogens is 188 g/mol. The lowest BCUT2D eigenvalue weighted by Gasteiger charge is -2.19. The van der Waals surface area contributed by atoms with Gasteiger partial charge >= 0.3 is 0 Å². The van der Waals surface area contributed by atoms with Crippen molar-refractivity contribution >= 4 is 9.84 Å². The standard InChI is InChI=1S/C8H20N2O2S/c1-8(6-9)7-10(2)4-5-13(3,11)12/h8H,4-7,9H2,1-3H3. The zero-order valence-corrected chi connectivity index (χ0v) is 9.47. The molecule has 0 heterocycles. The molecule has 0 saturated heterocycles. The Morgan fingerprint density at radius 3 is 2.38 bits per heavy atom. The second-order valence-corrected chi connectivity index (χ2v) is 5.99. The molecule has 2 N–H and O–H groups in total. The lowest BCUT2D eigenvalue weighted by Crippen LogP contribution is -2.31. The molecule has 13 heavy (non-hydrogen) atoms. The van der Waals surface area contributed by atoms with Gasteiger partial charge in [-0.3, -0.25) is 0 Å². The third kappa shape index (κ3) is 8.21. The zero-order valence-electron chi connectivity index (χ0n) is 8.66. The van der Waals surface area contributed by atoms with Crippen molar-refractivity contribution < 1.29 is 8.42 Å². The second-order valence-electron chi connectivity index (χ2n) is 3.73. The molecule has 80 valence electrons. The van der Waals surface area contributed by atoms with E-state index < -0.39 is 9.84 Å². The predicted molar refractivity (Wildman–Crippen MR) is 55.4 cm³/mol. The topological polar surface area (TPSA) is 63.4 Å². The highest BCUT2D eigenvalue weighted by Crippen LogP contribution is 1.95. The summed E-state index contributed by atoms with van der Waals surface area (Å²) in [4.78, 5) is 2.00. The Bertz CT molecular complexity index is 226. The van der Waals surface area contributed by atoms with E-state index in [1.54, 1.807) is 0 Å². The van der Waals surface area contributed by atoms with E-state index in [2.05, 4.69) is 6.92 Å². The Hall–Kier alpha value is -0.130. The molecule has 0 fully saturated rings. The van der Waals surface area contributed by atoms with E-state index in [4.69, 9.17) is 5.73 Å². The Morgan fingerprint density at radius 1 is 1.46 bits per heavy atom. The van der Waals surface area contributed by atoms with Crippen molar-refractivity contribution in [2.45, 2.75) is 6.92 Å². The lowest BCUT2D eigenvalue weighted by molar-refractivity contribution is 0.303. The molecule has 0 aromatic carbocycles. The number of sulfone groups is 1.